The quantitative estimate of drug-likeness (QED) is 0.620. The van der Waals surface area contributed by atoms with Crippen LogP contribution in [0.2, 0.25) is 0 Å². The minimum absolute atomic E-state index is 0.370. The number of carbonyl (C=O) groups is 1. The zero-order valence-electron chi connectivity index (χ0n) is 11.0. The van der Waals surface area contributed by atoms with Crippen LogP contribution in [0.5, 0.6) is 0 Å². The first-order valence-corrected chi connectivity index (χ1v) is 6.46. The Morgan fingerprint density at radius 2 is 2.11 bits per heavy atom. The average molecular weight is 258 g/mol. The number of hydrogen-bond donors (Lipinski definition) is 1. The predicted molar refractivity (Wildman–Crippen MR) is 72.4 cm³/mol. The van der Waals surface area contributed by atoms with Gasteiger partial charge in [-0.2, -0.15) is 0 Å². The Morgan fingerprint density at radius 3 is 2.84 bits per heavy atom. The molecule has 2 radical (unpaired) electrons. The van der Waals surface area contributed by atoms with E-state index in [0.717, 1.165) is 12.0 Å². The van der Waals surface area contributed by atoms with Crippen molar-refractivity contribution in [2.24, 2.45) is 0 Å². The van der Waals surface area contributed by atoms with Crippen LogP contribution in [0.15, 0.2) is 36.4 Å². The average Bonchev–Trinajstić information content (AvgIpc) is 2.38. The minimum atomic E-state index is -0.781. The Bertz CT molecular complexity index is 465. The lowest BCUT2D eigenvalue weighted by Crippen LogP contribution is -2.32. The SMILES string of the molecule is CC(=O)OC1Cc2ccccc2C[C]C/C=C\C1O. The van der Waals surface area contributed by atoms with Crippen LogP contribution in [0.25, 0.3) is 0 Å². The van der Waals surface area contributed by atoms with Gasteiger partial charge in [0.15, 0.2) is 0 Å². The second kappa shape index (κ2) is 6.53. The number of fused-ring (bicyclic) bond motifs is 1. The number of aliphatic hydroxyl groups is 1. The molecule has 1 N–H and O–H groups in total. The van der Waals surface area contributed by atoms with Crippen molar-refractivity contribution in [3.05, 3.63) is 54.0 Å². The van der Waals surface area contributed by atoms with Crippen LogP contribution in [0.4, 0.5) is 0 Å². The third kappa shape index (κ3) is 3.93. The van der Waals surface area contributed by atoms with E-state index in [-0.39, 0.29) is 5.97 Å². The molecule has 0 heterocycles. The first-order chi connectivity index (χ1) is 9.16. The molecule has 19 heavy (non-hydrogen) atoms. The third-order valence-corrected chi connectivity index (χ3v) is 3.15. The number of benzene rings is 1. The van der Waals surface area contributed by atoms with Crippen molar-refractivity contribution in [3.8, 4) is 0 Å². The molecule has 2 rings (SSSR count). The fraction of sp³-hybridized carbons (Fsp3) is 0.375. The van der Waals surface area contributed by atoms with E-state index in [4.69, 9.17) is 4.74 Å². The van der Waals surface area contributed by atoms with Gasteiger partial charge in [-0.1, -0.05) is 36.4 Å². The third-order valence-electron chi connectivity index (χ3n) is 3.15. The fourth-order valence-corrected chi connectivity index (χ4v) is 2.21. The Hall–Kier alpha value is -1.61. The number of aliphatic hydroxyl groups excluding tert-OH is 1. The molecule has 0 bridgehead atoms. The van der Waals surface area contributed by atoms with Crippen molar-refractivity contribution in [1.29, 1.82) is 0 Å². The van der Waals surface area contributed by atoms with E-state index in [9.17, 15) is 9.90 Å². The highest BCUT2D eigenvalue weighted by Crippen LogP contribution is 2.19. The molecular weight excluding hydrogens is 240 g/mol. The van der Waals surface area contributed by atoms with Gasteiger partial charge in [-0.25, -0.2) is 0 Å². The van der Waals surface area contributed by atoms with Crippen molar-refractivity contribution >= 4 is 5.97 Å². The standard InChI is InChI=1S/C16H18O3/c1-12(17)19-16-11-14-9-6-5-8-13(14)7-3-2-4-10-15(16)18/h4-6,8-10,15-16,18H,2,7,11H2,1H3/b10-4-. The van der Waals surface area contributed by atoms with E-state index in [2.05, 4.69) is 6.42 Å². The second-order valence-corrected chi connectivity index (χ2v) is 4.67. The molecule has 0 saturated heterocycles. The molecule has 2 atom stereocenters. The molecule has 0 amide bonds. The molecule has 2 unspecified atom stereocenters. The summed E-state index contributed by atoms with van der Waals surface area (Å²) in [6.07, 6.45) is 7.46. The molecule has 0 aliphatic heterocycles. The summed E-state index contributed by atoms with van der Waals surface area (Å²) in [5, 5.41) is 10.1. The van der Waals surface area contributed by atoms with Crippen LogP contribution in [0, 0.1) is 6.42 Å². The fourth-order valence-electron chi connectivity index (χ4n) is 2.21. The van der Waals surface area contributed by atoms with Crippen LogP contribution >= 0.6 is 0 Å². The highest BCUT2D eigenvalue weighted by Gasteiger charge is 2.22. The van der Waals surface area contributed by atoms with Crippen LogP contribution in [-0.4, -0.2) is 23.3 Å². The largest absolute Gasteiger partial charge is 0.459 e. The maximum atomic E-state index is 11.2. The number of esters is 1. The highest BCUT2D eigenvalue weighted by atomic mass is 16.6. The summed E-state index contributed by atoms with van der Waals surface area (Å²) in [4.78, 5) is 11.2. The lowest BCUT2D eigenvalue weighted by Gasteiger charge is -2.22. The zero-order chi connectivity index (χ0) is 13.7. The van der Waals surface area contributed by atoms with Gasteiger partial charge in [0.05, 0.1) is 0 Å². The van der Waals surface area contributed by atoms with Crippen LogP contribution in [0.1, 0.15) is 24.5 Å². The molecule has 100 valence electrons. The van der Waals surface area contributed by atoms with Gasteiger partial charge in [-0.05, 0) is 30.4 Å². The Labute approximate surface area is 113 Å². The lowest BCUT2D eigenvalue weighted by molar-refractivity contribution is -0.150. The Kier molecular flexibility index (Phi) is 4.74. The van der Waals surface area contributed by atoms with Gasteiger partial charge in [0.2, 0.25) is 0 Å². The molecule has 1 aromatic carbocycles. The van der Waals surface area contributed by atoms with E-state index in [1.165, 1.54) is 12.5 Å². The Morgan fingerprint density at radius 1 is 1.37 bits per heavy atom. The van der Waals surface area contributed by atoms with Crippen molar-refractivity contribution in [2.45, 2.75) is 38.4 Å². The summed E-state index contributed by atoms with van der Waals surface area (Å²) in [6, 6.07) is 7.99. The summed E-state index contributed by atoms with van der Waals surface area (Å²) >= 11 is 0. The summed E-state index contributed by atoms with van der Waals surface area (Å²) in [5.74, 6) is -0.370. The van der Waals surface area contributed by atoms with Crippen LogP contribution < -0.4 is 0 Å². The first kappa shape index (κ1) is 13.8. The van der Waals surface area contributed by atoms with Crippen LogP contribution in [0.3, 0.4) is 0 Å². The number of rotatable bonds is 1. The molecule has 1 aliphatic rings. The molecule has 0 spiro atoms. The van der Waals surface area contributed by atoms with Gasteiger partial charge < -0.3 is 9.84 Å². The predicted octanol–water partition coefficient (Wildman–Crippen LogP) is 2.11. The second-order valence-electron chi connectivity index (χ2n) is 4.67. The van der Waals surface area contributed by atoms with Gasteiger partial charge in [-0.3, -0.25) is 4.79 Å². The first-order valence-electron chi connectivity index (χ1n) is 6.46. The van der Waals surface area contributed by atoms with Crippen molar-refractivity contribution in [2.75, 3.05) is 0 Å². The molecule has 3 heteroatoms. The van der Waals surface area contributed by atoms with E-state index < -0.39 is 12.2 Å². The van der Waals surface area contributed by atoms with Gasteiger partial charge in [-0.15, -0.1) is 0 Å². The zero-order valence-corrected chi connectivity index (χ0v) is 11.0. The van der Waals surface area contributed by atoms with E-state index in [1.54, 1.807) is 6.08 Å². The van der Waals surface area contributed by atoms with E-state index >= 15 is 0 Å². The molecule has 1 aromatic rings. The van der Waals surface area contributed by atoms with Gasteiger partial charge in [0.25, 0.3) is 0 Å². The number of hydrogen-bond acceptors (Lipinski definition) is 3. The maximum absolute atomic E-state index is 11.2. The van der Waals surface area contributed by atoms with E-state index in [1.807, 2.05) is 30.3 Å². The molecular formula is C16H18O3. The highest BCUT2D eigenvalue weighted by molar-refractivity contribution is 5.66. The molecule has 1 aliphatic carbocycles. The van der Waals surface area contributed by atoms with Crippen LogP contribution in [-0.2, 0) is 22.4 Å². The summed E-state index contributed by atoms with van der Waals surface area (Å²) in [5.41, 5.74) is 2.26. The van der Waals surface area contributed by atoms with Crippen molar-refractivity contribution in [3.63, 3.8) is 0 Å². The molecule has 0 saturated carbocycles. The summed E-state index contributed by atoms with van der Waals surface area (Å²) < 4.78 is 5.23. The molecule has 0 aromatic heterocycles. The summed E-state index contributed by atoms with van der Waals surface area (Å²) in [6.45, 7) is 1.36. The lowest BCUT2D eigenvalue weighted by atomic mass is 9.94. The summed E-state index contributed by atoms with van der Waals surface area (Å²) in [7, 11) is 0. The minimum Gasteiger partial charge on any atom is -0.459 e. The van der Waals surface area contributed by atoms with Gasteiger partial charge in [0, 0.05) is 13.3 Å². The monoisotopic (exact) mass is 258 g/mol. The van der Waals surface area contributed by atoms with Gasteiger partial charge in [0.1, 0.15) is 12.2 Å². The number of ether oxygens (including phenoxy) is 1. The number of carbonyl (C=O) groups excluding carboxylic acids is 1. The maximum Gasteiger partial charge on any atom is 0.303 e. The van der Waals surface area contributed by atoms with E-state index in [0.29, 0.717) is 12.8 Å². The van der Waals surface area contributed by atoms with Gasteiger partial charge >= 0.3 is 5.97 Å². The number of allylic oxidation sites excluding steroid dienone is 1. The normalized spacial score (nSPS) is 25.2. The van der Waals surface area contributed by atoms with Crippen molar-refractivity contribution < 1.29 is 14.6 Å². The van der Waals surface area contributed by atoms with Crippen molar-refractivity contribution in [1.82, 2.24) is 0 Å². The smallest absolute Gasteiger partial charge is 0.303 e. The molecule has 3 nitrogen and oxygen atoms in total. The molecule has 0 fully saturated rings. The topological polar surface area (TPSA) is 46.5 Å². The Balaban J connectivity index is 2.26.